The molecule has 23 heavy (non-hydrogen) atoms. The first-order chi connectivity index (χ1) is 11.3. The summed E-state index contributed by atoms with van der Waals surface area (Å²) >= 11 is 1.37. The first-order valence-electron chi connectivity index (χ1n) is 7.99. The zero-order valence-electron chi connectivity index (χ0n) is 12.8. The molecular formula is C16H18FN5S. The Labute approximate surface area is 137 Å². The number of halogens is 1. The molecule has 4 rings (SSSR count). The van der Waals surface area contributed by atoms with Crippen LogP contribution in [0.3, 0.4) is 0 Å². The van der Waals surface area contributed by atoms with E-state index in [1.807, 2.05) is 6.07 Å². The molecule has 3 aromatic rings. The van der Waals surface area contributed by atoms with Crippen molar-refractivity contribution < 1.29 is 4.39 Å². The lowest BCUT2D eigenvalue weighted by molar-refractivity contribution is 0.268. The van der Waals surface area contributed by atoms with Gasteiger partial charge in [-0.05, 0) is 38.1 Å². The SMILES string of the molecule is Fc1ccccc1-c1nn2c(CN3CCCCCC3)nnc2s1. The predicted molar refractivity (Wildman–Crippen MR) is 87.8 cm³/mol. The van der Waals surface area contributed by atoms with Crippen molar-refractivity contribution >= 4 is 16.3 Å². The molecule has 2 aromatic heterocycles. The Kier molecular flexibility index (Phi) is 4.05. The molecule has 7 heteroatoms. The van der Waals surface area contributed by atoms with E-state index in [-0.39, 0.29) is 5.82 Å². The molecule has 5 nitrogen and oxygen atoms in total. The van der Waals surface area contributed by atoms with Gasteiger partial charge in [-0.25, -0.2) is 4.39 Å². The minimum atomic E-state index is -0.258. The van der Waals surface area contributed by atoms with E-state index >= 15 is 0 Å². The summed E-state index contributed by atoms with van der Waals surface area (Å²) in [6.45, 7) is 2.94. The summed E-state index contributed by atoms with van der Waals surface area (Å²) in [4.78, 5) is 3.12. The number of hydrogen-bond acceptors (Lipinski definition) is 5. The van der Waals surface area contributed by atoms with Crippen LogP contribution in [-0.4, -0.2) is 37.8 Å². The largest absolute Gasteiger partial charge is 0.296 e. The van der Waals surface area contributed by atoms with Crippen LogP contribution in [0.15, 0.2) is 24.3 Å². The lowest BCUT2D eigenvalue weighted by Crippen LogP contribution is -2.25. The van der Waals surface area contributed by atoms with Gasteiger partial charge in [0.15, 0.2) is 10.8 Å². The van der Waals surface area contributed by atoms with Crippen molar-refractivity contribution in [3.63, 3.8) is 0 Å². The van der Waals surface area contributed by atoms with Crippen LogP contribution >= 0.6 is 11.3 Å². The van der Waals surface area contributed by atoms with Gasteiger partial charge < -0.3 is 0 Å². The Morgan fingerprint density at radius 3 is 2.61 bits per heavy atom. The highest BCUT2D eigenvalue weighted by Gasteiger charge is 2.17. The molecule has 1 fully saturated rings. The van der Waals surface area contributed by atoms with Crippen LogP contribution in [0.2, 0.25) is 0 Å². The van der Waals surface area contributed by atoms with Gasteiger partial charge in [0, 0.05) is 5.56 Å². The van der Waals surface area contributed by atoms with Crippen LogP contribution in [-0.2, 0) is 6.54 Å². The Balaban J connectivity index is 1.63. The molecular weight excluding hydrogens is 313 g/mol. The highest BCUT2D eigenvalue weighted by Crippen LogP contribution is 2.27. The Hall–Kier alpha value is -1.86. The Bertz CT molecular complexity index is 804. The minimum Gasteiger partial charge on any atom is -0.296 e. The second-order valence-corrected chi connectivity index (χ2v) is 6.84. The van der Waals surface area contributed by atoms with Crippen LogP contribution < -0.4 is 0 Å². The molecule has 0 aliphatic carbocycles. The van der Waals surface area contributed by atoms with Crippen molar-refractivity contribution in [2.75, 3.05) is 13.1 Å². The van der Waals surface area contributed by atoms with Crippen molar-refractivity contribution in [1.82, 2.24) is 24.7 Å². The number of benzene rings is 1. The van der Waals surface area contributed by atoms with Crippen LogP contribution in [0.1, 0.15) is 31.5 Å². The number of nitrogens with zero attached hydrogens (tertiary/aromatic N) is 5. The molecule has 0 N–H and O–H groups in total. The first kappa shape index (κ1) is 14.7. The van der Waals surface area contributed by atoms with E-state index in [1.165, 1.54) is 43.1 Å². The van der Waals surface area contributed by atoms with Crippen molar-refractivity contribution in [3.05, 3.63) is 35.9 Å². The molecule has 1 aliphatic rings. The maximum Gasteiger partial charge on any atom is 0.235 e. The fraction of sp³-hybridized carbons (Fsp3) is 0.438. The summed E-state index contributed by atoms with van der Waals surface area (Å²) < 4.78 is 15.7. The molecule has 3 heterocycles. The summed E-state index contributed by atoms with van der Waals surface area (Å²) in [5.74, 6) is 0.576. The molecule has 0 atom stereocenters. The first-order valence-corrected chi connectivity index (χ1v) is 8.81. The maximum absolute atomic E-state index is 13.9. The quantitative estimate of drug-likeness (QED) is 0.738. The summed E-state index contributed by atoms with van der Waals surface area (Å²) in [7, 11) is 0. The van der Waals surface area contributed by atoms with Gasteiger partial charge in [0.05, 0.1) is 6.54 Å². The van der Waals surface area contributed by atoms with E-state index in [9.17, 15) is 4.39 Å². The molecule has 0 bridgehead atoms. The minimum absolute atomic E-state index is 0.258. The van der Waals surface area contributed by atoms with E-state index < -0.39 is 0 Å². The fourth-order valence-electron chi connectivity index (χ4n) is 2.99. The molecule has 1 saturated heterocycles. The van der Waals surface area contributed by atoms with Gasteiger partial charge in [-0.3, -0.25) is 4.90 Å². The number of rotatable bonds is 3. The van der Waals surface area contributed by atoms with Gasteiger partial charge >= 0.3 is 0 Å². The van der Waals surface area contributed by atoms with Gasteiger partial charge in [0.2, 0.25) is 4.96 Å². The van der Waals surface area contributed by atoms with Gasteiger partial charge in [-0.2, -0.15) is 9.61 Å². The van der Waals surface area contributed by atoms with E-state index in [4.69, 9.17) is 0 Å². The van der Waals surface area contributed by atoms with Crippen molar-refractivity contribution in [2.45, 2.75) is 32.2 Å². The van der Waals surface area contributed by atoms with Crippen LogP contribution in [0.25, 0.3) is 15.5 Å². The molecule has 0 amide bonds. The van der Waals surface area contributed by atoms with Crippen LogP contribution in [0.5, 0.6) is 0 Å². The van der Waals surface area contributed by atoms with Crippen LogP contribution in [0, 0.1) is 5.82 Å². The molecule has 1 aliphatic heterocycles. The molecule has 120 valence electrons. The highest BCUT2D eigenvalue weighted by molar-refractivity contribution is 7.19. The number of hydrogen-bond donors (Lipinski definition) is 0. The second kappa shape index (κ2) is 6.33. The van der Waals surface area contributed by atoms with Gasteiger partial charge in [0.1, 0.15) is 5.82 Å². The predicted octanol–water partition coefficient (Wildman–Crippen LogP) is 3.37. The summed E-state index contributed by atoms with van der Waals surface area (Å²) in [6.07, 6.45) is 5.08. The third-order valence-corrected chi connectivity index (χ3v) is 5.16. The van der Waals surface area contributed by atoms with Gasteiger partial charge in [0.25, 0.3) is 0 Å². The fourth-order valence-corrected chi connectivity index (χ4v) is 3.88. The van der Waals surface area contributed by atoms with Crippen molar-refractivity contribution in [3.8, 4) is 10.6 Å². The molecule has 0 radical (unpaired) electrons. The smallest absolute Gasteiger partial charge is 0.235 e. The number of fused-ring (bicyclic) bond motifs is 1. The van der Waals surface area contributed by atoms with E-state index in [1.54, 1.807) is 16.6 Å². The zero-order valence-corrected chi connectivity index (χ0v) is 13.6. The second-order valence-electron chi connectivity index (χ2n) is 5.89. The molecule has 0 spiro atoms. The van der Waals surface area contributed by atoms with Crippen molar-refractivity contribution in [2.24, 2.45) is 0 Å². The molecule has 1 aromatic carbocycles. The normalized spacial score (nSPS) is 16.7. The average Bonchev–Trinajstić information content (AvgIpc) is 3.02. The summed E-state index contributed by atoms with van der Waals surface area (Å²) in [5.41, 5.74) is 0.517. The lowest BCUT2D eigenvalue weighted by Gasteiger charge is -2.17. The van der Waals surface area contributed by atoms with Crippen LogP contribution in [0.4, 0.5) is 4.39 Å². The topological polar surface area (TPSA) is 46.3 Å². The van der Waals surface area contributed by atoms with E-state index in [0.717, 1.165) is 25.5 Å². The van der Waals surface area contributed by atoms with Gasteiger partial charge in [-0.15, -0.1) is 10.2 Å². The number of likely N-dealkylation sites (tertiary alicyclic amines) is 1. The zero-order chi connectivity index (χ0) is 15.6. The molecule has 0 unspecified atom stereocenters. The van der Waals surface area contributed by atoms with E-state index in [2.05, 4.69) is 20.2 Å². The average molecular weight is 331 g/mol. The lowest BCUT2D eigenvalue weighted by atomic mass is 10.2. The molecule has 0 saturated carbocycles. The number of aromatic nitrogens is 4. The standard InChI is InChI=1S/C16H18FN5S/c17-13-8-4-3-7-12(13)15-20-22-14(18-19-16(22)23-15)11-21-9-5-1-2-6-10-21/h3-4,7-8H,1-2,5-6,9-11H2. The Morgan fingerprint density at radius 1 is 1.04 bits per heavy atom. The third kappa shape index (κ3) is 2.98. The van der Waals surface area contributed by atoms with Crippen molar-refractivity contribution in [1.29, 1.82) is 0 Å². The van der Waals surface area contributed by atoms with Gasteiger partial charge in [-0.1, -0.05) is 36.3 Å². The Morgan fingerprint density at radius 2 is 1.83 bits per heavy atom. The maximum atomic E-state index is 13.9. The monoisotopic (exact) mass is 331 g/mol. The summed E-state index contributed by atoms with van der Waals surface area (Å²) in [5, 5.41) is 13.6. The van der Waals surface area contributed by atoms with E-state index in [0.29, 0.717) is 15.5 Å². The third-order valence-electron chi connectivity index (χ3n) is 4.22. The highest BCUT2D eigenvalue weighted by atomic mass is 32.1. The summed E-state index contributed by atoms with van der Waals surface area (Å²) in [6, 6.07) is 6.70.